The number of rotatable bonds is 5. The first-order valence-electron chi connectivity index (χ1n) is 7.29. The lowest BCUT2D eigenvalue weighted by Crippen LogP contribution is -2.14. The molecule has 0 aliphatic rings. The second-order valence-corrected chi connectivity index (χ2v) is 6.21. The molecule has 0 unspecified atom stereocenters. The predicted molar refractivity (Wildman–Crippen MR) is 93.3 cm³/mol. The zero-order valence-electron chi connectivity index (χ0n) is 13.4. The van der Waals surface area contributed by atoms with E-state index in [0.29, 0.717) is 16.8 Å². The number of methoxy groups -OCH3 is 1. The molecule has 0 aliphatic carbocycles. The quantitative estimate of drug-likeness (QED) is 0.661. The average Bonchev–Trinajstić information content (AvgIpc) is 2.57. The molecule has 0 spiro atoms. The highest BCUT2D eigenvalue weighted by Crippen LogP contribution is 2.24. The number of hydrogen-bond donors (Lipinski definition) is 1. The summed E-state index contributed by atoms with van der Waals surface area (Å²) in [5, 5.41) is 2.88. The minimum absolute atomic E-state index is 0.188. The molecule has 0 saturated heterocycles. The van der Waals surface area contributed by atoms with Gasteiger partial charge in [0.2, 0.25) is 0 Å². The molecule has 0 fully saturated rings. The van der Waals surface area contributed by atoms with E-state index in [1.807, 2.05) is 32.0 Å². The molecule has 2 rings (SSSR count). The smallest absolute Gasteiger partial charge is 0.337 e. The maximum atomic E-state index is 12.6. The third kappa shape index (κ3) is 4.13. The highest BCUT2D eigenvalue weighted by atomic mass is 32.2. The lowest BCUT2D eigenvalue weighted by Gasteiger charge is -2.12. The first-order chi connectivity index (χ1) is 11.1. The van der Waals surface area contributed by atoms with Crippen molar-refractivity contribution in [1.29, 1.82) is 0 Å². The van der Waals surface area contributed by atoms with Crippen molar-refractivity contribution >= 4 is 29.3 Å². The Morgan fingerprint density at radius 3 is 2.61 bits per heavy atom. The summed E-state index contributed by atoms with van der Waals surface area (Å²) < 4.78 is 4.72. The SMILES string of the molecule is CCSc1ccccc1C(=O)Nc1cc(C(=O)OC)ccc1C. The van der Waals surface area contributed by atoms with Gasteiger partial charge in [-0.2, -0.15) is 0 Å². The Hall–Kier alpha value is -2.27. The normalized spacial score (nSPS) is 10.2. The van der Waals surface area contributed by atoms with Crippen molar-refractivity contribution in [2.24, 2.45) is 0 Å². The van der Waals surface area contributed by atoms with Gasteiger partial charge in [0.05, 0.1) is 18.2 Å². The molecule has 0 radical (unpaired) electrons. The third-order valence-electron chi connectivity index (χ3n) is 3.34. The fraction of sp³-hybridized carbons (Fsp3) is 0.222. The van der Waals surface area contributed by atoms with Crippen LogP contribution in [0.5, 0.6) is 0 Å². The van der Waals surface area contributed by atoms with E-state index in [0.717, 1.165) is 16.2 Å². The maximum absolute atomic E-state index is 12.6. The van der Waals surface area contributed by atoms with Crippen molar-refractivity contribution in [3.8, 4) is 0 Å². The summed E-state index contributed by atoms with van der Waals surface area (Å²) in [7, 11) is 1.33. The van der Waals surface area contributed by atoms with Gasteiger partial charge in [-0.1, -0.05) is 25.1 Å². The monoisotopic (exact) mass is 329 g/mol. The standard InChI is InChI=1S/C18H19NO3S/c1-4-23-16-8-6-5-7-14(16)17(20)19-15-11-13(18(21)22-3)10-9-12(15)2/h5-11H,4H2,1-3H3,(H,19,20). The lowest BCUT2D eigenvalue weighted by molar-refractivity contribution is 0.0600. The van der Waals surface area contributed by atoms with Crippen LogP contribution in [0.1, 0.15) is 33.2 Å². The average molecular weight is 329 g/mol. The Balaban J connectivity index is 2.28. The Kier molecular flexibility index (Phi) is 5.82. The number of esters is 1. The van der Waals surface area contributed by atoms with Crippen LogP contribution >= 0.6 is 11.8 Å². The highest BCUT2D eigenvalue weighted by Gasteiger charge is 2.14. The summed E-state index contributed by atoms with van der Waals surface area (Å²) in [6.45, 7) is 3.92. The second-order valence-electron chi connectivity index (χ2n) is 4.90. The zero-order chi connectivity index (χ0) is 16.8. The second kappa shape index (κ2) is 7.83. The number of benzene rings is 2. The van der Waals surface area contributed by atoms with Gasteiger partial charge >= 0.3 is 5.97 Å². The van der Waals surface area contributed by atoms with Gasteiger partial charge in [0.15, 0.2) is 0 Å². The van der Waals surface area contributed by atoms with Crippen LogP contribution in [-0.4, -0.2) is 24.7 Å². The van der Waals surface area contributed by atoms with Crippen molar-refractivity contribution in [3.05, 3.63) is 59.2 Å². The van der Waals surface area contributed by atoms with E-state index in [-0.39, 0.29) is 5.91 Å². The van der Waals surface area contributed by atoms with Crippen LogP contribution in [0.15, 0.2) is 47.4 Å². The van der Waals surface area contributed by atoms with E-state index in [9.17, 15) is 9.59 Å². The van der Waals surface area contributed by atoms with Crippen LogP contribution in [0.25, 0.3) is 0 Å². The Morgan fingerprint density at radius 2 is 1.91 bits per heavy atom. The molecule has 23 heavy (non-hydrogen) atoms. The summed E-state index contributed by atoms with van der Waals surface area (Å²) in [5.41, 5.74) is 2.52. The molecule has 2 aromatic rings. The fourth-order valence-corrected chi connectivity index (χ4v) is 2.93. The summed E-state index contributed by atoms with van der Waals surface area (Å²) in [6.07, 6.45) is 0. The third-order valence-corrected chi connectivity index (χ3v) is 4.29. The first-order valence-corrected chi connectivity index (χ1v) is 8.27. The van der Waals surface area contributed by atoms with E-state index in [1.54, 1.807) is 36.0 Å². The molecule has 0 heterocycles. The van der Waals surface area contributed by atoms with E-state index in [2.05, 4.69) is 5.32 Å². The van der Waals surface area contributed by atoms with Gasteiger partial charge in [-0.25, -0.2) is 4.79 Å². The molecule has 5 heteroatoms. The largest absolute Gasteiger partial charge is 0.465 e. The molecule has 0 aliphatic heterocycles. The van der Waals surface area contributed by atoms with Crippen LogP contribution < -0.4 is 5.32 Å². The Morgan fingerprint density at radius 1 is 1.17 bits per heavy atom. The van der Waals surface area contributed by atoms with Crippen molar-refractivity contribution in [3.63, 3.8) is 0 Å². The number of hydrogen-bond acceptors (Lipinski definition) is 4. The van der Waals surface area contributed by atoms with Crippen molar-refractivity contribution in [2.45, 2.75) is 18.7 Å². The van der Waals surface area contributed by atoms with E-state index < -0.39 is 5.97 Å². The Labute approximate surface area is 140 Å². The van der Waals surface area contributed by atoms with Gasteiger partial charge in [0.25, 0.3) is 5.91 Å². The highest BCUT2D eigenvalue weighted by molar-refractivity contribution is 7.99. The molecule has 0 bridgehead atoms. The fourth-order valence-electron chi connectivity index (χ4n) is 2.13. The van der Waals surface area contributed by atoms with Gasteiger partial charge < -0.3 is 10.1 Å². The van der Waals surface area contributed by atoms with Gasteiger partial charge in [0, 0.05) is 10.6 Å². The number of nitrogens with one attached hydrogen (secondary N) is 1. The van der Waals surface area contributed by atoms with Crippen LogP contribution in [0.2, 0.25) is 0 Å². The van der Waals surface area contributed by atoms with Gasteiger partial charge in [-0.3, -0.25) is 4.79 Å². The number of thioether (sulfide) groups is 1. The number of carbonyl (C=O) groups excluding carboxylic acids is 2. The van der Waals surface area contributed by atoms with Crippen LogP contribution in [0.4, 0.5) is 5.69 Å². The summed E-state index contributed by atoms with van der Waals surface area (Å²) in [4.78, 5) is 25.1. The topological polar surface area (TPSA) is 55.4 Å². The molecule has 120 valence electrons. The minimum atomic E-state index is -0.428. The molecule has 4 nitrogen and oxygen atoms in total. The Bertz CT molecular complexity index is 728. The maximum Gasteiger partial charge on any atom is 0.337 e. The van der Waals surface area contributed by atoms with Gasteiger partial charge in [0.1, 0.15) is 0 Å². The molecule has 2 aromatic carbocycles. The predicted octanol–water partition coefficient (Wildman–Crippen LogP) is 4.15. The van der Waals surface area contributed by atoms with Crippen molar-refractivity contribution in [2.75, 3.05) is 18.2 Å². The summed E-state index contributed by atoms with van der Waals surface area (Å²) in [6, 6.07) is 12.6. The van der Waals surface area contributed by atoms with E-state index >= 15 is 0 Å². The first kappa shape index (κ1) is 17.1. The van der Waals surface area contributed by atoms with Crippen LogP contribution in [-0.2, 0) is 4.74 Å². The van der Waals surface area contributed by atoms with E-state index in [1.165, 1.54) is 7.11 Å². The van der Waals surface area contributed by atoms with Gasteiger partial charge in [-0.15, -0.1) is 11.8 Å². The minimum Gasteiger partial charge on any atom is -0.465 e. The summed E-state index contributed by atoms with van der Waals surface area (Å²) >= 11 is 1.62. The zero-order valence-corrected chi connectivity index (χ0v) is 14.2. The molecule has 1 N–H and O–H groups in total. The summed E-state index contributed by atoms with van der Waals surface area (Å²) in [5.74, 6) is 0.273. The number of ether oxygens (including phenoxy) is 1. The van der Waals surface area contributed by atoms with E-state index in [4.69, 9.17) is 4.74 Å². The molecule has 0 atom stereocenters. The molecule has 0 saturated carbocycles. The van der Waals surface area contributed by atoms with Crippen LogP contribution in [0, 0.1) is 6.92 Å². The molecular formula is C18H19NO3S. The number of anilines is 1. The van der Waals surface area contributed by atoms with Crippen molar-refractivity contribution < 1.29 is 14.3 Å². The molecular weight excluding hydrogens is 310 g/mol. The van der Waals surface area contributed by atoms with Crippen LogP contribution in [0.3, 0.4) is 0 Å². The van der Waals surface area contributed by atoms with Gasteiger partial charge in [-0.05, 0) is 42.5 Å². The number of amides is 1. The molecule has 1 amide bonds. The number of aryl methyl sites for hydroxylation is 1. The lowest BCUT2D eigenvalue weighted by atomic mass is 10.1. The molecule has 0 aromatic heterocycles. The number of carbonyl (C=O) groups is 2. The van der Waals surface area contributed by atoms with Crippen molar-refractivity contribution in [1.82, 2.24) is 0 Å².